The number of unbranched alkanes of at least 4 members (excludes halogenated alkanes) is 1. The Bertz CT molecular complexity index is 974. The molecule has 1 aliphatic carbocycles. The molecule has 1 atom stereocenters. The molecule has 0 heterocycles. The Kier molecular flexibility index (Phi) is 8.68. The second-order valence-corrected chi connectivity index (χ2v) is 9.19. The van der Waals surface area contributed by atoms with E-state index in [-0.39, 0.29) is 43.2 Å². The summed E-state index contributed by atoms with van der Waals surface area (Å²) in [6, 6.07) is 16.0. The Morgan fingerprint density at radius 1 is 1.00 bits per heavy atom. The van der Waals surface area contributed by atoms with Gasteiger partial charge in [0.05, 0.1) is 0 Å². The molecule has 34 heavy (non-hydrogen) atoms. The molecular formula is C27H34N2O5. The summed E-state index contributed by atoms with van der Waals surface area (Å²) in [7, 11) is 1.70. The molecule has 2 N–H and O–H groups in total. The second-order valence-electron chi connectivity index (χ2n) is 9.19. The van der Waals surface area contributed by atoms with E-state index in [2.05, 4.69) is 29.6 Å². The van der Waals surface area contributed by atoms with Crippen molar-refractivity contribution in [1.29, 1.82) is 0 Å². The fraction of sp³-hybridized carbons (Fsp3) is 0.444. The van der Waals surface area contributed by atoms with Gasteiger partial charge in [0.15, 0.2) is 0 Å². The fourth-order valence-electron chi connectivity index (χ4n) is 4.34. The first-order valence-corrected chi connectivity index (χ1v) is 11.8. The second kappa shape index (κ2) is 11.7. The molecule has 7 heteroatoms. The number of carbonyl (C=O) groups is 3. The standard InChI is InChI=1S/C27H34N2O5/c1-18(2)24(16-25(30)29(3)15-9-8-14-26(31)32)28-27(33)34-17-23-21-12-6-4-10-19(21)20-11-5-7-13-22(20)23/h4-7,10-13,18,23-24H,8-9,14-17H2,1-3H3,(H,28,33)(H,31,32). The van der Waals surface area contributed by atoms with Crippen molar-refractivity contribution in [2.75, 3.05) is 20.2 Å². The summed E-state index contributed by atoms with van der Waals surface area (Å²) >= 11 is 0. The Labute approximate surface area is 201 Å². The van der Waals surface area contributed by atoms with Crippen molar-refractivity contribution in [2.45, 2.75) is 51.5 Å². The molecule has 182 valence electrons. The third-order valence-electron chi connectivity index (χ3n) is 6.41. The predicted octanol–water partition coefficient (Wildman–Crippen LogP) is 4.65. The number of nitrogens with one attached hydrogen (secondary N) is 1. The topological polar surface area (TPSA) is 95.9 Å². The first-order chi connectivity index (χ1) is 16.3. The molecule has 0 radical (unpaired) electrons. The highest BCUT2D eigenvalue weighted by molar-refractivity contribution is 5.79. The maximum absolute atomic E-state index is 12.7. The summed E-state index contributed by atoms with van der Waals surface area (Å²) < 4.78 is 5.63. The lowest BCUT2D eigenvalue weighted by Gasteiger charge is -2.25. The summed E-state index contributed by atoms with van der Waals surface area (Å²) in [4.78, 5) is 37.5. The number of alkyl carbamates (subject to hydrolysis) is 1. The van der Waals surface area contributed by atoms with E-state index in [0.717, 1.165) is 11.1 Å². The molecule has 0 fully saturated rings. The van der Waals surface area contributed by atoms with Crippen LogP contribution in [0.25, 0.3) is 11.1 Å². The zero-order valence-corrected chi connectivity index (χ0v) is 20.1. The minimum atomic E-state index is -0.832. The van der Waals surface area contributed by atoms with Crippen molar-refractivity contribution in [3.05, 3.63) is 59.7 Å². The minimum absolute atomic E-state index is 0.0192. The van der Waals surface area contributed by atoms with Crippen molar-refractivity contribution in [2.24, 2.45) is 5.92 Å². The monoisotopic (exact) mass is 466 g/mol. The van der Waals surface area contributed by atoms with E-state index in [9.17, 15) is 14.4 Å². The lowest BCUT2D eigenvalue weighted by Crippen LogP contribution is -2.43. The number of ether oxygens (including phenoxy) is 1. The lowest BCUT2D eigenvalue weighted by atomic mass is 9.98. The summed E-state index contributed by atoms with van der Waals surface area (Å²) in [6.07, 6.45) is 0.883. The van der Waals surface area contributed by atoms with Crippen molar-refractivity contribution in [1.82, 2.24) is 10.2 Å². The van der Waals surface area contributed by atoms with Crippen LogP contribution in [-0.2, 0) is 14.3 Å². The number of aliphatic carboxylic acids is 1. The van der Waals surface area contributed by atoms with Gasteiger partial charge in [-0.25, -0.2) is 4.79 Å². The number of carbonyl (C=O) groups excluding carboxylic acids is 2. The summed E-state index contributed by atoms with van der Waals surface area (Å²) in [6.45, 7) is 4.62. The SMILES string of the molecule is CC(C)C(CC(=O)N(C)CCCCC(=O)O)NC(=O)OCC1c2ccccc2-c2ccccc21. The Hall–Kier alpha value is -3.35. The molecule has 0 aromatic heterocycles. The van der Waals surface area contributed by atoms with Crippen LogP contribution in [0.1, 0.15) is 56.6 Å². The number of fused-ring (bicyclic) bond motifs is 3. The lowest BCUT2D eigenvalue weighted by molar-refractivity contribution is -0.137. The number of rotatable bonds is 11. The molecule has 0 spiro atoms. The molecule has 1 aliphatic rings. The van der Waals surface area contributed by atoms with Gasteiger partial charge in [-0.05, 0) is 41.0 Å². The van der Waals surface area contributed by atoms with Gasteiger partial charge in [0.2, 0.25) is 5.91 Å². The average Bonchev–Trinajstić information content (AvgIpc) is 3.13. The number of amides is 2. The highest BCUT2D eigenvalue weighted by atomic mass is 16.5. The quantitative estimate of drug-likeness (QED) is 0.470. The van der Waals surface area contributed by atoms with Gasteiger partial charge in [0.1, 0.15) is 6.61 Å². The van der Waals surface area contributed by atoms with E-state index < -0.39 is 12.1 Å². The predicted molar refractivity (Wildman–Crippen MR) is 131 cm³/mol. The number of hydrogen-bond acceptors (Lipinski definition) is 4. The first kappa shape index (κ1) is 25.3. The smallest absolute Gasteiger partial charge is 0.407 e. The molecule has 0 aliphatic heterocycles. The third-order valence-corrected chi connectivity index (χ3v) is 6.41. The van der Waals surface area contributed by atoms with Crippen LogP contribution in [0.3, 0.4) is 0 Å². The Balaban J connectivity index is 1.53. The molecular weight excluding hydrogens is 432 g/mol. The van der Waals surface area contributed by atoms with E-state index in [1.165, 1.54) is 11.1 Å². The van der Waals surface area contributed by atoms with Gasteiger partial charge in [-0.3, -0.25) is 9.59 Å². The molecule has 2 aromatic rings. The van der Waals surface area contributed by atoms with Crippen LogP contribution in [0.4, 0.5) is 4.79 Å². The summed E-state index contributed by atoms with van der Waals surface area (Å²) in [5.74, 6) is -0.895. The number of hydrogen-bond donors (Lipinski definition) is 2. The van der Waals surface area contributed by atoms with Gasteiger partial charge in [-0.2, -0.15) is 0 Å². The zero-order chi connectivity index (χ0) is 24.7. The van der Waals surface area contributed by atoms with E-state index in [4.69, 9.17) is 9.84 Å². The normalized spacial score (nSPS) is 13.2. The minimum Gasteiger partial charge on any atom is -0.481 e. The molecule has 0 saturated heterocycles. The van der Waals surface area contributed by atoms with Crippen molar-refractivity contribution in [3.63, 3.8) is 0 Å². The summed E-state index contributed by atoms with van der Waals surface area (Å²) in [5.41, 5.74) is 4.64. The highest BCUT2D eigenvalue weighted by Crippen LogP contribution is 2.44. The van der Waals surface area contributed by atoms with E-state index >= 15 is 0 Å². The van der Waals surface area contributed by atoms with Crippen LogP contribution >= 0.6 is 0 Å². The largest absolute Gasteiger partial charge is 0.481 e. The van der Waals surface area contributed by atoms with E-state index in [0.29, 0.717) is 19.4 Å². The van der Waals surface area contributed by atoms with Crippen molar-refractivity contribution in [3.8, 4) is 11.1 Å². The van der Waals surface area contributed by atoms with Crippen LogP contribution in [0.15, 0.2) is 48.5 Å². The van der Waals surface area contributed by atoms with Gasteiger partial charge in [0.25, 0.3) is 0 Å². The molecule has 0 saturated carbocycles. The number of carboxylic acids is 1. The van der Waals surface area contributed by atoms with Crippen molar-refractivity contribution < 1.29 is 24.2 Å². The van der Waals surface area contributed by atoms with E-state index in [1.54, 1.807) is 11.9 Å². The number of benzene rings is 2. The number of carboxylic acid groups (broad SMARTS) is 1. The highest BCUT2D eigenvalue weighted by Gasteiger charge is 2.29. The van der Waals surface area contributed by atoms with Gasteiger partial charge < -0.3 is 20.1 Å². The van der Waals surface area contributed by atoms with Gasteiger partial charge in [0, 0.05) is 38.4 Å². The van der Waals surface area contributed by atoms with Crippen LogP contribution < -0.4 is 5.32 Å². The molecule has 1 unspecified atom stereocenters. The van der Waals surface area contributed by atoms with Crippen LogP contribution in [0.5, 0.6) is 0 Å². The maximum atomic E-state index is 12.7. The first-order valence-electron chi connectivity index (χ1n) is 11.8. The van der Waals surface area contributed by atoms with Gasteiger partial charge in [-0.1, -0.05) is 62.4 Å². The molecule has 2 aromatic carbocycles. The van der Waals surface area contributed by atoms with Crippen LogP contribution in [0, 0.1) is 5.92 Å². The molecule has 0 bridgehead atoms. The van der Waals surface area contributed by atoms with Crippen LogP contribution in [0.2, 0.25) is 0 Å². The van der Waals surface area contributed by atoms with Crippen LogP contribution in [-0.4, -0.2) is 54.2 Å². The average molecular weight is 467 g/mol. The Morgan fingerprint density at radius 3 is 2.15 bits per heavy atom. The summed E-state index contributed by atoms with van der Waals surface area (Å²) in [5, 5.41) is 11.6. The van der Waals surface area contributed by atoms with Crippen molar-refractivity contribution >= 4 is 18.0 Å². The molecule has 2 amide bonds. The molecule has 7 nitrogen and oxygen atoms in total. The van der Waals surface area contributed by atoms with E-state index in [1.807, 2.05) is 38.1 Å². The van der Waals surface area contributed by atoms with Gasteiger partial charge >= 0.3 is 12.1 Å². The van der Waals surface area contributed by atoms with Gasteiger partial charge in [-0.15, -0.1) is 0 Å². The third kappa shape index (κ3) is 6.37. The zero-order valence-electron chi connectivity index (χ0n) is 20.1. The number of nitrogens with zero attached hydrogens (tertiary/aromatic N) is 1. The maximum Gasteiger partial charge on any atom is 0.407 e. The molecule has 3 rings (SSSR count). The Morgan fingerprint density at radius 2 is 1.59 bits per heavy atom. The fourth-order valence-corrected chi connectivity index (χ4v) is 4.34.